The van der Waals surface area contributed by atoms with Crippen molar-refractivity contribution in [2.75, 3.05) is 18.0 Å². The highest BCUT2D eigenvalue weighted by Crippen LogP contribution is 2.44. The highest BCUT2D eigenvalue weighted by atomic mass is 32.1. The van der Waals surface area contributed by atoms with Gasteiger partial charge in [0.2, 0.25) is 5.91 Å². The molecule has 5 rings (SSSR count). The maximum Gasteiger partial charge on any atom is 0.217 e. The Morgan fingerprint density at radius 1 is 1.12 bits per heavy atom. The molecule has 0 aromatic carbocycles. The van der Waals surface area contributed by atoms with Gasteiger partial charge in [0.05, 0.1) is 5.39 Å². The highest BCUT2D eigenvalue weighted by molar-refractivity contribution is 7.19. The monoisotopic (exact) mass is 370 g/mol. The van der Waals surface area contributed by atoms with Crippen LogP contribution in [-0.2, 0) is 17.6 Å². The molecule has 0 bridgehead atoms. The number of rotatable bonds is 3. The standard InChI is InChI=1S/C20H26N4OS/c1-12(25)21-14-8-10-24(11-9-14)19-17-15-4-2-3-5-16(15)26-20(17)23-18(22-19)13-6-7-13/h13-14H,2-11H2,1H3,(H,21,25). The van der Waals surface area contributed by atoms with Crippen LogP contribution in [0.5, 0.6) is 0 Å². The molecule has 0 spiro atoms. The third-order valence-electron chi connectivity index (χ3n) is 5.96. The molecule has 2 aromatic heterocycles. The van der Waals surface area contributed by atoms with Crippen LogP contribution in [0.25, 0.3) is 10.2 Å². The van der Waals surface area contributed by atoms with Crippen molar-refractivity contribution in [3.63, 3.8) is 0 Å². The third-order valence-corrected chi connectivity index (χ3v) is 7.14. The number of anilines is 1. The van der Waals surface area contributed by atoms with Gasteiger partial charge in [-0.25, -0.2) is 9.97 Å². The van der Waals surface area contributed by atoms with E-state index in [0.717, 1.165) is 31.8 Å². The lowest BCUT2D eigenvalue weighted by Gasteiger charge is -2.33. The van der Waals surface area contributed by atoms with E-state index in [2.05, 4.69) is 10.2 Å². The van der Waals surface area contributed by atoms with Crippen molar-refractivity contribution in [2.45, 2.75) is 70.3 Å². The number of aromatic nitrogens is 2. The Bertz CT molecular complexity index is 849. The first kappa shape index (κ1) is 16.5. The number of amides is 1. The lowest BCUT2D eigenvalue weighted by atomic mass is 9.96. The predicted molar refractivity (Wildman–Crippen MR) is 105 cm³/mol. The molecule has 3 aliphatic rings. The first-order valence-corrected chi connectivity index (χ1v) is 10.8. The van der Waals surface area contributed by atoms with E-state index < -0.39 is 0 Å². The minimum Gasteiger partial charge on any atom is -0.356 e. The normalized spacial score (nSPS) is 21.0. The fourth-order valence-electron chi connectivity index (χ4n) is 4.43. The first-order chi connectivity index (χ1) is 12.7. The summed E-state index contributed by atoms with van der Waals surface area (Å²) in [6.07, 6.45) is 9.44. The molecule has 1 saturated carbocycles. The summed E-state index contributed by atoms with van der Waals surface area (Å²) in [4.78, 5) is 26.6. The number of nitrogens with zero attached hydrogens (tertiary/aromatic N) is 3. The number of carbonyl (C=O) groups is 1. The van der Waals surface area contributed by atoms with Crippen LogP contribution < -0.4 is 10.2 Å². The molecule has 0 unspecified atom stereocenters. The Kier molecular flexibility index (Phi) is 4.11. The van der Waals surface area contributed by atoms with Crippen molar-refractivity contribution in [3.05, 3.63) is 16.3 Å². The number of hydrogen-bond donors (Lipinski definition) is 1. The average Bonchev–Trinajstić information content (AvgIpc) is 3.42. The third kappa shape index (κ3) is 2.98. The van der Waals surface area contributed by atoms with Gasteiger partial charge < -0.3 is 10.2 Å². The van der Waals surface area contributed by atoms with Gasteiger partial charge in [0.25, 0.3) is 0 Å². The first-order valence-electron chi connectivity index (χ1n) is 10.0. The molecular formula is C20H26N4OS. The van der Waals surface area contributed by atoms with Gasteiger partial charge in [-0.1, -0.05) is 0 Å². The molecule has 0 atom stereocenters. The number of aryl methyl sites for hydroxylation is 2. The van der Waals surface area contributed by atoms with Crippen LogP contribution in [0.15, 0.2) is 0 Å². The van der Waals surface area contributed by atoms with Crippen LogP contribution >= 0.6 is 11.3 Å². The van der Waals surface area contributed by atoms with Gasteiger partial charge in [-0.2, -0.15) is 0 Å². The Labute approximate surface area is 158 Å². The molecule has 2 aromatic rings. The molecule has 3 heterocycles. The maximum absolute atomic E-state index is 11.3. The van der Waals surface area contributed by atoms with E-state index in [4.69, 9.17) is 9.97 Å². The summed E-state index contributed by atoms with van der Waals surface area (Å²) in [6, 6.07) is 0.306. The number of carbonyl (C=O) groups excluding carboxylic acids is 1. The van der Waals surface area contributed by atoms with E-state index in [1.165, 1.54) is 60.1 Å². The SMILES string of the molecule is CC(=O)NC1CCN(c2nc(C3CC3)nc3sc4c(c23)CCCC4)CC1. The van der Waals surface area contributed by atoms with Crippen LogP contribution in [0.2, 0.25) is 0 Å². The summed E-state index contributed by atoms with van der Waals surface area (Å²) >= 11 is 1.91. The van der Waals surface area contributed by atoms with Gasteiger partial charge in [-0.05, 0) is 56.9 Å². The molecule has 1 saturated heterocycles. The van der Waals surface area contributed by atoms with Crippen LogP contribution in [-0.4, -0.2) is 35.0 Å². The second kappa shape index (κ2) is 6.48. The molecule has 26 heavy (non-hydrogen) atoms. The second-order valence-electron chi connectivity index (χ2n) is 8.03. The lowest BCUT2D eigenvalue weighted by molar-refractivity contribution is -0.119. The Balaban J connectivity index is 1.51. The Hall–Kier alpha value is -1.69. The summed E-state index contributed by atoms with van der Waals surface area (Å²) in [5.41, 5.74) is 1.53. The molecule has 0 radical (unpaired) electrons. The molecule has 1 amide bonds. The smallest absolute Gasteiger partial charge is 0.217 e. The van der Waals surface area contributed by atoms with E-state index in [1.807, 2.05) is 11.3 Å². The van der Waals surface area contributed by atoms with E-state index >= 15 is 0 Å². The molecule has 2 aliphatic carbocycles. The van der Waals surface area contributed by atoms with Crippen molar-refractivity contribution < 1.29 is 4.79 Å². The minimum atomic E-state index is 0.0794. The zero-order chi connectivity index (χ0) is 17.7. The van der Waals surface area contributed by atoms with Crippen molar-refractivity contribution in [1.82, 2.24) is 15.3 Å². The topological polar surface area (TPSA) is 58.1 Å². The summed E-state index contributed by atoms with van der Waals surface area (Å²) in [7, 11) is 0. The largest absolute Gasteiger partial charge is 0.356 e. The molecule has 138 valence electrons. The summed E-state index contributed by atoms with van der Waals surface area (Å²) < 4.78 is 0. The maximum atomic E-state index is 11.3. The van der Waals surface area contributed by atoms with Gasteiger partial charge in [-0.3, -0.25) is 4.79 Å². The number of fused-ring (bicyclic) bond motifs is 3. The zero-order valence-electron chi connectivity index (χ0n) is 15.4. The van der Waals surface area contributed by atoms with Crippen LogP contribution in [0.3, 0.4) is 0 Å². The molecule has 6 heteroatoms. The minimum absolute atomic E-state index is 0.0794. The van der Waals surface area contributed by atoms with E-state index in [1.54, 1.807) is 11.8 Å². The molecular weight excluding hydrogens is 344 g/mol. The summed E-state index contributed by atoms with van der Waals surface area (Å²) in [5.74, 6) is 2.90. The molecule has 1 aliphatic heterocycles. The number of hydrogen-bond acceptors (Lipinski definition) is 5. The predicted octanol–water partition coefficient (Wildman–Crippen LogP) is 3.55. The van der Waals surface area contributed by atoms with Crippen LogP contribution in [0.1, 0.15) is 67.6 Å². The van der Waals surface area contributed by atoms with Crippen LogP contribution in [0, 0.1) is 0 Å². The van der Waals surface area contributed by atoms with Crippen molar-refractivity contribution in [1.29, 1.82) is 0 Å². The molecule has 5 nitrogen and oxygen atoms in total. The lowest BCUT2D eigenvalue weighted by Crippen LogP contribution is -2.44. The molecule has 2 fully saturated rings. The number of thiophene rings is 1. The average molecular weight is 371 g/mol. The number of piperidine rings is 1. The van der Waals surface area contributed by atoms with Gasteiger partial charge in [-0.15, -0.1) is 11.3 Å². The highest BCUT2D eigenvalue weighted by Gasteiger charge is 2.31. The van der Waals surface area contributed by atoms with Crippen molar-refractivity contribution in [3.8, 4) is 0 Å². The fraction of sp³-hybridized carbons (Fsp3) is 0.650. The van der Waals surface area contributed by atoms with Gasteiger partial charge in [0, 0.05) is 36.9 Å². The number of nitrogens with one attached hydrogen (secondary N) is 1. The summed E-state index contributed by atoms with van der Waals surface area (Å²) in [6.45, 7) is 3.54. The Morgan fingerprint density at radius 2 is 1.88 bits per heavy atom. The Morgan fingerprint density at radius 3 is 2.62 bits per heavy atom. The van der Waals surface area contributed by atoms with Gasteiger partial charge in [0.15, 0.2) is 0 Å². The fourth-order valence-corrected chi connectivity index (χ4v) is 5.69. The van der Waals surface area contributed by atoms with Crippen molar-refractivity contribution >= 4 is 33.3 Å². The van der Waals surface area contributed by atoms with Crippen molar-refractivity contribution in [2.24, 2.45) is 0 Å². The van der Waals surface area contributed by atoms with E-state index in [-0.39, 0.29) is 5.91 Å². The van der Waals surface area contributed by atoms with E-state index in [9.17, 15) is 4.79 Å². The quantitative estimate of drug-likeness (QED) is 0.898. The van der Waals surface area contributed by atoms with Gasteiger partial charge in [0.1, 0.15) is 16.5 Å². The van der Waals surface area contributed by atoms with Gasteiger partial charge >= 0.3 is 0 Å². The summed E-state index contributed by atoms with van der Waals surface area (Å²) in [5, 5.41) is 4.42. The zero-order valence-corrected chi connectivity index (χ0v) is 16.2. The van der Waals surface area contributed by atoms with E-state index in [0.29, 0.717) is 12.0 Å². The van der Waals surface area contributed by atoms with Crippen LogP contribution in [0.4, 0.5) is 5.82 Å². The second-order valence-corrected chi connectivity index (χ2v) is 9.12. The molecule has 1 N–H and O–H groups in total.